The molecule has 2 N–H and O–H groups in total. The molecule has 0 saturated carbocycles. The number of morpholine rings is 2. The van der Waals surface area contributed by atoms with Crippen LogP contribution in [0.2, 0.25) is 0 Å². The van der Waals surface area contributed by atoms with Crippen molar-refractivity contribution < 1.29 is 9.47 Å². The molecule has 52 heavy (non-hydrogen) atoms. The Kier molecular flexibility index (Phi) is 9.98. The molecule has 0 bridgehead atoms. The van der Waals surface area contributed by atoms with E-state index in [1.807, 2.05) is 84.9 Å². The summed E-state index contributed by atoms with van der Waals surface area (Å²) in [7, 11) is 0. The maximum atomic E-state index is 5.80. The zero-order chi connectivity index (χ0) is 35.0. The van der Waals surface area contributed by atoms with Gasteiger partial charge in [0.05, 0.1) is 26.4 Å². The van der Waals surface area contributed by atoms with Crippen LogP contribution in [0.15, 0.2) is 109 Å². The lowest BCUT2D eigenvalue weighted by atomic mass is 9.93. The Morgan fingerprint density at radius 2 is 1.00 bits per heavy atom. The second-order valence-electron chi connectivity index (χ2n) is 12.4. The van der Waals surface area contributed by atoms with Crippen LogP contribution in [-0.2, 0) is 9.47 Å². The fourth-order valence-corrected chi connectivity index (χ4v) is 6.57. The number of ether oxygens (including phenoxy) is 2. The summed E-state index contributed by atoms with van der Waals surface area (Å²) in [6, 6.07) is 36.4. The molecular formula is C40H38N10O2. The molecule has 0 spiro atoms. The molecule has 0 aliphatic carbocycles. The minimum Gasteiger partial charge on any atom is -0.378 e. The first-order valence-electron chi connectivity index (χ1n) is 17.4. The van der Waals surface area contributed by atoms with Crippen LogP contribution in [0.3, 0.4) is 0 Å². The van der Waals surface area contributed by atoms with Crippen molar-refractivity contribution in [3.8, 4) is 22.5 Å². The van der Waals surface area contributed by atoms with E-state index in [0.29, 0.717) is 75.6 Å². The summed E-state index contributed by atoms with van der Waals surface area (Å²) < 4.78 is 11.6. The summed E-state index contributed by atoms with van der Waals surface area (Å²) in [6.07, 6.45) is 4.23. The minimum atomic E-state index is 0.584. The van der Waals surface area contributed by atoms with Crippen LogP contribution in [0.4, 0.5) is 34.4 Å². The Bertz CT molecular complexity index is 2120. The Labute approximate surface area is 302 Å². The number of hydrogen-bond acceptors (Lipinski definition) is 12. The van der Waals surface area contributed by atoms with Crippen molar-refractivity contribution in [1.82, 2.24) is 30.8 Å². The first kappa shape index (κ1) is 32.9. The molecule has 4 heterocycles. The molecule has 8 rings (SSSR count). The Morgan fingerprint density at radius 1 is 0.500 bits per heavy atom. The summed E-state index contributed by atoms with van der Waals surface area (Å²) in [5.41, 5.74) is 8.50. The van der Waals surface area contributed by atoms with E-state index in [1.54, 1.807) is 0 Å². The first-order chi connectivity index (χ1) is 25.8. The molecule has 260 valence electrons. The van der Waals surface area contributed by atoms with Crippen LogP contribution >= 0.6 is 0 Å². The highest BCUT2D eigenvalue weighted by molar-refractivity contribution is 5.99. The number of para-hydroxylation sites is 2. The third-order valence-electron chi connectivity index (χ3n) is 9.05. The van der Waals surface area contributed by atoms with E-state index in [0.717, 1.165) is 45.0 Å². The Morgan fingerprint density at radius 3 is 1.56 bits per heavy atom. The van der Waals surface area contributed by atoms with Crippen LogP contribution in [-0.4, -0.2) is 83.4 Å². The van der Waals surface area contributed by atoms with Crippen LogP contribution in [0, 0.1) is 0 Å². The minimum absolute atomic E-state index is 0.584. The third-order valence-corrected chi connectivity index (χ3v) is 9.05. The number of anilines is 6. The SMILES string of the molecule is C(=Cc1cccc(-c2nnnc(Nc3ccccc3)c2N2CCOCC2)c1-c1nnnc(Nc2ccccc2)c1N1CCOCC1)c1ccccc1. The molecule has 6 aromatic rings. The van der Waals surface area contributed by atoms with Crippen molar-refractivity contribution >= 4 is 46.5 Å². The first-order valence-corrected chi connectivity index (χ1v) is 17.4. The van der Waals surface area contributed by atoms with Crippen molar-refractivity contribution in [2.75, 3.05) is 73.0 Å². The molecule has 12 heteroatoms. The van der Waals surface area contributed by atoms with Gasteiger partial charge in [0, 0.05) is 48.7 Å². The Balaban J connectivity index is 1.37. The summed E-state index contributed by atoms with van der Waals surface area (Å²) in [5.74, 6) is 1.21. The van der Waals surface area contributed by atoms with Crippen molar-refractivity contribution in [3.05, 3.63) is 120 Å². The molecule has 2 aliphatic heterocycles. The van der Waals surface area contributed by atoms with E-state index < -0.39 is 0 Å². The lowest BCUT2D eigenvalue weighted by Crippen LogP contribution is -2.37. The molecule has 12 nitrogen and oxygen atoms in total. The Hall–Kier alpha value is -6.24. The number of rotatable bonds is 10. The van der Waals surface area contributed by atoms with Crippen molar-refractivity contribution in [3.63, 3.8) is 0 Å². The van der Waals surface area contributed by atoms with E-state index in [-0.39, 0.29) is 0 Å². The molecule has 2 fully saturated rings. The van der Waals surface area contributed by atoms with E-state index in [2.05, 4.69) is 77.5 Å². The zero-order valence-corrected chi connectivity index (χ0v) is 28.6. The van der Waals surface area contributed by atoms with Crippen molar-refractivity contribution in [2.24, 2.45) is 0 Å². The maximum Gasteiger partial charge on any atom is 0.180 e. The number of nitrogens with zero attached hydrogens (tertiary/aromatic N) is 8. The highest BCUT2D eigenvalue weighted by Crippen LogP contribution is 2.45. The van der Waals surface area contributed by atoms with E-state index in [4.69, 9.17) is 19.7 Å². The molecule has 0 unspecified atom stereocenters. The van der Waals surface area contributed by atoms with Gasteiger partial charge in [0.25, 0.3) is 0 Å². The summed E-state index contributed by atoms with van der Waals surface area (Å²) in [5, 5.41) is 34.5. The molecule has 4 aromatic carbocycles. The smallest absolute Gasteiger partial charge is 0.180 e. The summed E-state index contributed by atoms with van der Waals surface area (Å²) in [4.78, 5) is 4.54. The fourth-order valence-electron chi connectivity index (χ4n) is 6.57. The van der Waals surface area contributed by atoms with Gasteiger partial charge in [-0.3, -0.25) is 0 Å². The van der Waals surface area contributed by atoms with Gasteiger partial charge >= 0.3 is 0 Å². The standard InChI is InChI=1S/C40H38N10O2/c1-4-11-29(12-5-1)19-20-30-13-10-18-33(35-37(49-21-25-51-26-22-49)39(45-47-43-35)41-31-14-6-2-7-15-31)34(30)36-38(50-23-27-52-28-24-50)40(46-48-44-36)42-32-16-8-3-9-17-32/h1-20H,21-28H2,(H,41,43,45)(H,42,44,46). The predicted molar refractivity (Wildman–Crippen MR) is 205 cm³/mol. The van der Waals surface area contributed by atoms with E-state index in [9.17, 15) is 0 Å². The number of nitrogens with one attached hydrogen (secondary N) is 2. The predicted octanol–water partition coefficient (Wildman–Crippen LogP) is 6.72. The molecule has 2 saturated heterocycles. The molecule has 0 amide bonds. The third kappa shape index (κ3) is 7.29. The normalized spacial score (nSPS) is 14.8. The molecule has 0 radical (unpaired) electrons. The van der Waals surface area contributed by atoms with Crippen molar-refractivity contribution in [1.29, 1.82) is 0 Å². The fraction of sp³-hybridized carbons (Fsp3) is 0.200. The number of benzene rings is 4. The number of aromatic nitrogens is 6. The van der Waals surface area contributed by atoms with Crippen LogP contribution < -0.4 is 20.4 Å². The van der Waals surface area contributed by atoms with Gasteiger partial charge in [0.1, 0.15) is 22.8 Å². The largest absolute Gasteiger partial charge is 0.378 e. The van der Waals surface area contributed by atoms with E-state index in [1.165, 1.54) is 0 Å². The summed E-state index contributed by atoms with van der Waals surface area (Å²) in [6.45, 7) is 5.02. The van der Waals surface area contributed by atoms with Gasteiger partial charge in [-0.15, -0.1) is 20.4 Å². The van der Waals surface area contributed by atoms with Gasteiger partial charge in [0.2, 0.25) is 0 Å². The lowest BCUT2D eigenvalue weighted by molar-refractivity contribution is 0.122. The number of hydrogen-bond donors (Lipinski definition) is 2. The van der Waals surface area contributed by atoms with Gasteiger partial charge < -0.3 is 29.9 Å². The van der Waals surface area contributed by atoms with Gasteiger partial charge in [-0.25, -0.2) is 0 Å². The average Bonchev–Trinajstić information content (AvgIpc) is 3.21. The monoisotopic (exact) mass is 690 g/mol. The molecule has 2 aliphatic rings. The van der Waals surface area contributed by atoms with Gasteiger partial charge in [-0.05, 0) is 45.8 Å². The zero-order valence-electron chi connectivity index (χ0n) is 28.6. The van der Waals surface area contributed by atoms with Gasteiger partial charge in [-0.2, -0.15) is 0 Å². The summed E-state index contributed by atoms with van der Waals surface area (Å²) >= 11 is 0. The maximum absolute atomic E-state index is 5.80. The molecule has 0 atom stereocenters. The second-order valence-corrected chi connectivity index (χ2v) is 12.4. The van der Waals surface area contributed by atoms with Crippen LogP contribution in [0.1, 0.15) is 11.1 Å². The highest BCUT2D eigenvalue weighted by Gasteiger charge is 2.29. The second kappa shape index (κ2) is 15.8. The average molecular weight is 691 g/mol. The van der Waals surface area contributed by atoms with Crippen LogP contribution in [0.5, 0.6) is 0 Å². The quantitative estimate of drug-likeness (QED) is 0.148. The molecular weight excluding hydrogens is 653 g/mol. The lowest BCUT2D eigenvalue weighted by Gasteiger charge is -2.32. The van der Waals surface area contributed by atoms with E-state index >= 15 is 0 Å². The topological polar surface area (TPSA) is 126 Å². The van der Waals surface area contributed by atoms with Gasteiger partial charge in [0.15, 0.2) is 11.6 Å². The van der Waals surface area contributed by atoms with Crippen LogP contribution in [0.25, 0.3) is 34.7 Å². The van der Waals surface area contributed by atoms with Crippen molar-refractivity contribution in [2.45, 2.75) is 0 Å². The van der Waals surface area contributed by atoms with Gasteiger partial charge in [-0.1, -0.05) is 97.1 Å². The highest BCUT2D eigenvalue weighted by atomic mass is 16.5. The molecule has 2 aromatic heterocycles.